The molecule has 0 spiro atoms. The van der Waals surface area contributed by atoms with E-state index in [2.05, 4.69) is 6.07 Å². The fourth-order valence-corrected chi connectivity index (χ4v) is 4.58. The summed E-state index contributed by atoms with van der Waals surface area (Å²) >= 11 is 0. The number of carbonyl (C=O) groups is 2. The minimum Gasteiger partial charge on any atom is -0.480 e. The van der Waals surface area contributed by atoms with Crippen molar-refractivity contribution < 1.29 is 14.7 Å². The first-order chi connectivity index (χ1) is 16.6. The Morgan fingerprint density at radius 1 is 0.912 bits per heavy atom. The lowest BCUT2D eigenvalue weighted by Gasteiger charge is -2.24. The van der Waals surface area contributed by atoms with Crippen LogP contribution in [0.15, 0.2) is 84.6 Å². The summed E-state index contributed by atoms with van der Waals surface area (Å²) < 4.78 is 1.61. The molecule has 6 heteroatoms. The number of rotatable bonds is 4. The number of fused-ring (bicyclic) bond motifs is 3. The molecule has 0 saturated heterocycles. The summed E-state index contributed by atoms with van der Waals surface area (Å²) in [5.74, 6) is -1.38. The summed E-state index contributed by atoms with van der Waals surface area (Å²) in [6, 6.07) is 25.0. The Balaban J connectivity index is 1.65. The molecule has 166 valence electrons. The molecule has 1 N–H and O–H groups in total. The first kappa shape index (κ1) is 21.2. The third kappa shape index (κ3) is 3.74. The highest BCUT2D eigenvalue weighted by Gasteiger charge is 2.28. The molecule has 0 bridgehead atoms. The molecule has 1 amide bonds. The standard InChI is InChI=1S/C28H21N3O3/c29-16-21(15-22-17-30(18-27(32)33)26-12-6-3-9-23(22)26)28(34)31-24-10-4-1-7-19(24)13-14-20-8-2-5-11-25(20)31/h1-12,15,17H,13-14,18H2,(H,32,33)/b21-15+. The van der Waals surface area contributed by atoms with Gasteiger partial charge in [0.2, 0.25) is 0 Å². The first-order valence-corrected chi connectivity index (χ1v) is 11.0. The summed E-state index contributed by atoms with van der Waals surface area (Å²) in [6.07, 6.45) is 4.82. The van der Waals surface area contributed by atoms with Crippen molar-refractivity contribution in [3.63, 3.8) is 0 Å². The van der Waals surface area contributed by atoms with Gasteiger partial charge in [0.05, 0.1) is 11.4 Å². The van der Waals surface area contributed by atoms with Crippen LogP contribution in [0.2, 0.25) is 0 Å². The van der Waals surface area contributed by atoms with Crippen molar-refractivity contribution in [1.29, 1.82) is 5.26 Å². The van der Waals surface area contributed by atoms with Crippen molar-refractivity contribution in [1.82, 2.24) is 4.57 Å². The molecule has 1 aromatic heterocycles. The number of nitrogens with zero attached hydrogens (tertiary/aromatic N) is 3. The number of anilines is 2. The highest BCUT2D eigenvalue weighted by atomic mass is 16.4. The molecule has 0 saturated carbocycles. The number of aryl methyl sites for hydroxylation is 2. The lowest BCUT2D eigenvalue weighted by molar-refractivity contribution is -0.137. The molecule has 4 aromatic rings. The molecule has 3 aromatic carbocycles. The van der Waals surface area contributed by atoms with Crippen molar-refractivity contribution in [3.05, 3.63) is 101 Å². The van der Waals surface area contributed by atoms with E-state index in [4.69, 9.17) is 0 Å². The number of carboxylic acid groups (broad SMARTS) is 1. The largest absolute Gasteiger partial charge is 0.480 e. The third-order valence-electron chi connectivity index (χ3n) is 6.11. The van der Waals surface area contributed by atoms with E-state index < -0.39 is 11.9 Å². The highest BCUT2D eigenvalue weighted by Crippen LogP contribution is 2.37. The number of aromatic nitrogens is 1. The van der Waals surface area contributed by atoms with Gasteiger partial charge in [-0.3, -0.25) is 14.5 Å². The normalized spacial score (nSPS) is 13.0. The molecule has 1 aliphatic rings. The number of hydrogen-bond acceptors (Lipinski definition) is 3. The van der Waals surface area contributed by atoms with Gasteiger partial charge >= 0.3 is 5.97 Å². The van der Waals surface area contributed by atoms with Gasteiger partial charge in [-0.05, 0) is 48.2 Å². The van der Waals surface area contributed by atoms with Gasteiger partial charge in [0.25, 0.3) is 5.91 Å². The second-order valence-electron chi connectivity index (χ2n) is 8.19. The average molecular weight is 447 g/mol. The van der Waals surface area contributed by atoms with Crippen LogP contribution in [0.25, 0.3) is 17.0 Å². The Bertz CT molecular complexity index is 1460. The Morgan fingerprint density at radius 3 is 2.12 bits per heavy atom. The van der Waals surface area contributed by atoms with E-state index in [1.165, 1.54) is 0 Å². The van der Waals surface area contributed by atoms with Crippen LogP contribution in [0.5, 0.6) is 0 Å². The van der Waals surface area contributed by atoms with Crippen LogP contribution in [0, 0.1) is 11.3 Å². The third-order valence-corrected chi connectivity index (χ3v) is 6.11. The van der Waals surface area contributed by atoms with E-state index in [0.717, 1.165) is 46.2 Å². The SMILES string of the molecule is N#C/C(=C\c1cn(CC(=O)O)c2ccccc12)C(=O)N1c2ccccc2CCc2ccccc21. The van der Waals surface area contributed by atoms with Gasteiger partial charge in [0.15, 0.2) is 0 Å². The Labute approximate surface area is 196 Å². The van der Waals surface area contributed by atoms with E-state index in [-0.39, 0.29) is 12.1 Å². The number of aliphatic carboxylic acids is 1. The molecule has 2 heterocycles. The number of benzene rings is 3. The second-order valence-corrected chi connectivity index (χ2v) is 8.19. The lowest BCUT2D eigenvalue weighted by Crippen LogP contribution is -2.28. The molecule has 0 unspecified atom stereocenters. The van der Waals surface area contributed by atoms with Crippen molar-refractivity contribution in [2.45, 2.75) is 19.4 Å². The zero-order chi connectivity index (χ0) is 23.7. The number of para-hydroxylation sites is 3. The number of carboxylic acids is 1. The summed E-state index contributed by atoms with van der Waals surface area (Å²) in [4.78, 5) is 26.8. The van der Waals surface area contributed by atoms with Gasteiger partial charge < -0.3 is 9.67 Å². The second kappa shape index (κ2) is 8.72. The molecule has 0 aliphatic carbocycles. The maximum absolute atomic E-state index is 13.9. The van der Waals surface area contributed by atoms with Gasteiger partial charge in [0.1, 0.15) is 18.2 Å². The number of hydrogen-bond donors (Lipinski definition) is 1. The Kier molecular flexibility index (Phi) is 5.44. The Morgan fingerprint density at radius 2 is 1.50 bits per heavy atom. The van der Waals surface area contributed by atoms with Crippen LogP contribution < -0.4 is 4.90 Å². The maximum Gasteiger partial charge on any atom is 0.323 e. The number of amides is 1. The minimum absolute atomic E-state index is 0.0234. The van der Waals surface area contributed by atoms with E-state index in [9.17, 15) is 20.0 Å². The summed E-state index contributed by atoms with van der Waals surface area (Å²) in [7, 11) is 0. The van der Waals surface area contributed by atoms with Crippen LogP contribution in [0.3, 0.4) is 0 Å². The fourth-order valence-electron chi connectivity index (χ4n) is 4.58. The van der Waals surface area contributed by atoms with Crippen molar-refractivity contribution in [2.24, 2.45) is 0 Å². The van der Waals surface area contributed by atoms with Gasteiger partial charge in [0, 0.05) is 22.7 Å². The minimum atomic E-state index is -0.967. The first-order valence-electron chi connectivity index (χ1n) is 11.0. The smallest absolute Gasteiger partial charge is 0.323 e. The molecule has 34 heavy (non-hydrogen) atoms. The van der Waals surface area contributed by atoms with Gasteiger partial charge in [-0.15, -0.1) is 0 Å². The van der Waals surface area contributed by atoms with Crippen LogP contribution >= 0.6 is 0 Å². The van der Waals surface area contributed by atoms with E-state index in [1.807, 2.05) is 72.8 Å². The van der Waals surface area contributed by atoms with Crippen molar-refractivity contribution in [3.8, 4) is 6.07 Å². The highest BCUT2D eigenvalue weighted by molar-refractivity contribution is 6.16. The number of nitriles is 1. The summed E-state index contributed by atoms with van der Waals surface area (Å²) in [5.41, 5.74) is 4.96. The molecule has 5 rings (SSSR count). The summed E-state index contributed by atoms with van der Waals surface area (Å²) in [5, 5.41) is 20.1. The van der Waals surface area contributed by atoms with Crippen LogP contribution in [-0.4, -0.2) is 21.6 Å². The van der Waals surface area contributed by atoms with Crippen molar-refractivity contribution >= 4 is 40.2 Å². The predicted octanol–water partition coefficient (Wildman–Crippen LogP) is 5.10. The van der Waals surface area contributed by atoms with Crippen molar-refractivity contribution in [2.75, 3.05) is 4.90 Å². The molecule has 0 atom stereocenters. The summed E-state index contributed by atoms with van der Waals surface area (Å²) in [6.45, 7) is -0.211. The van der Waals surface area contributed by atoms with Crippen LogP contribution in [-0.2, 0) is 29.0 Å². The maximum atomic E-state index is 13.9. The van der Waals surface area contributed by atoms with Gasteiger partial charge in [-0.2, -0.15) is 5.26 Å². The van der Waals surface area contributed by atoms with Gasteiger partial charge in [-0.1, -0.05) is 54.6 Å². The van der Waals surface area contributed by atoms with E-state index in [0.29, 0.717) is 5.56 Å². The van der Waals surface area contributed by atoms with E-state index >= 15 is 0 Å². The van der Waals surface area contributed by atoms with Gasteiger partial charge in [-0.25, -0.2) is 0 Å². The average Bonchev–Trinajstić information content (AvgIpc) is 3.09. The molecular formula is C28H21N3O3. The molecule has 0 fully saturated rings. The van der Waals surface area contributed by atoms with E-state index in [1.54, 1.807) is 21.7 Å². The monoisotopic (exact) mass is 447 g/mol. The molecule has 1 aliphatic heterocycles. The van der Waals surface area contributed by atoms with Crippen LogP contribution in [0.4, 0.5) is 11.4 Å². The van der Waals surface area contributed by atoms with Crippen LogP contribution in [0.1, 0.15) is 16.7 Å². The fraction of sp³-hybridized carbons (Fsp3) is 0.107. The Hall–Kier alpha value is -4.63. The molecule has 0 radical (unpaired) electrons. The number of carbonyl (C=O) groups excluding carboxylic acids is 1. The zero-order valence-electron chi connectivity index (χ0n) is 18.3. The zero-order valence-corrected chi connectivity index (χ0v) is 18.3. The lowest BCUT2D eigenvalue weighted by atomic mass is 10.0. The topological polar surface area (TPSA) is 86.3 Å². The predicted molar refractivity (Wildman–Crippen MR) is 131 cm³/mol. The molecule has 6 nitrogen and oxygen atoms in total. The molecular weight excluding hydrogens is 426 g/mol. The quantitative estimate of drug-likeness (QED) is 0.348.